The van der Waals surface area contributed by atoms with Crippen molar-refractivity contribution in [2.45, 2.75) is 105 Å². The first-order chi connectivity index (χ1) is 34.2. The number of rotatable bonds is 22. The van der Waals surface area contributed by atoms with Gasteiger partial charge in [0.25, 0.3) is 10.0 Å². The first-order valence-corrected chi connectivity index (χ1v) is 25.6. The van der Waals surface area contributed by atoms with Crippen molar-refractivity contribution in [1.82, 2.24) is 33.5 Å². The second-order valence-corrected chi connectivity index (χ2v) is 22.6. The van der Waals surface area contributed by atoms with Crippen molar-refractivity contribution >= 4 is 56.6 Å². The van der Waals surface area contributed by atoms with Crippen LogP contribution in [0.25, 0.3) is 11.5 Å². The molecule has 6 rings (SSSR count). The van der Waals surface area contributed by atoms with Crippen LogP contribution in [-0.4, -0.2) is 127 Å². The summed E-state index contributed by atoms with van der Waals surface area (Å²) in [6, 6.07) is 20.3. The van der Waals surface area contributed by atoms with E-state index in [1.165, 1.54) is 31.5 Å². The van der Waals surface area contributed by atoms with Gasteiger partial charge in [0.05, 0.1) is 18.5 Å². The maximum Gasteiger partial charge on any atom is 0.360 e. The third-order valence-electron chi connectivity index (χ3n) is 10.5. The fraction of sp³-hybridized carbons (Fsp3) is 0.440. The molecule has 1 saturated heterocycles. The molecule has 21 nitrogen and oxygen atoms in total. The quantitative estimate of drug-likeness (QED) is 0.0390. The second-order valence-electron chi connectivity index (χ2n) is 19.8. The average molecular weight is 1050 g/mol. The third kappa shape index (κ3) is 15.0. The number of benzene rings is 2. The molecule has 5 aromatic rings. The maximum atomic E-state index is 14.0. The lowest BCUT2D eigenvalue weighted by atomic mass is 9.91. The summed E-state index contributed by atoms with van der Waals surface area (Å²) in [4.78, 5) is 97.5. The minimum absolute atomic E-state index is 0.0207. The molecule has 0 spiro atoms. The van der Waals surface area contributed by atoms with Gasteiger partial charge in [0.1, 0.15) is 40.8 Å². The number of aromatic nitrogens is 5. The smallest absolute Gasteiger partial charge is 0.360 e. The topological polar surface area (TPSA) is 250 Å². The summed E-state index contributed by atoms with van der Waals surface area (Å²) in [5, 5.41) is 9.94. The molecule has 3 aromatic heterocycles. The van der Waals surface area contributed by atoms with Gasteiger partial charge < -0.3 is 28.7 Å². The largest absolute Gasteiger partial charge is 0.485 e. The molecule has 0 N–H and O–H groups in total. The molecule has 1 atom stereocenters. The SMILES string of the molecule is CN(C)CCn1c(-c2cc(OCc3ccccc3)c(OCc3ccccc3)cn2)nn(S(=O)(=O)CC(=O)N2C[C@H](CC(=O)/C(=N\OC(C)(C)C(=O)OC(C)(C)C)c3csc(CC(=O)OC(C)(C)C)n3)C2=O)c1=O. The number of amides is 2. The lowest BCUT2D eigenvalue weighted by molar-refractivity contribution is -0.179. The van der Waals surface area contributed by atoms with Crippen LogP contribution < -0.4 is 15.2 Å². The van der Waals surface area contributed by atoms with E-state index in [0.717, 1.165) is 27.0 Å². The molecule has 0 unspecified atom stereocenters. The lowest BCUT2D eigenvalue weighted by Crippen LogP contribution is -2.57. The Morgan fingerprint density at radius 1 is 0.849 bits per heavy atom. The summed E-state index contributed by atoms with van der Waals surface area (Å²) in [6.45, 7) is 13.1. The van der Waals surface area contributed by atoms with Crippen LogP contribution in [0.2, 0.25) is 0 Å². The Labute approximate surface area is 427 Å². The number of likely N-dealkylation sites (N-methyl/N-ethyl adjacent to an activating group) is 1. The van der Waals surface area contributed by atoms with Crippen LogP contribution in [-0.2, 0) is 74.5 Å². The Hall–Kier alpha value is -7.11. The molecule has 2 amide bonds. The van der Waals surface area contributed by atoms with Crippen LogP contribution in [0.15, 0.2) is 88.3 Å². The van der Waals surface area contributed by atoms with Gasteiger partial charge in [0, 0.05) is 37.5 Å². The number of pyridine rings is 1. The molecule has 2 aromatic carbocycles. The first-order valence-electron chi connectivity index (χ1n) is 23.1. The summed E-state index contributed by atoms with van der Waals surface area (Å²) in [7, 11) is -1.35. The number of ketones is 1. The molecule has 4 heterocycles. The van der Waals surface area contributed by atoms with Crippen LogP contribution in [0, 0.1) is 5.92 Å². The number of thiazole rings is 1. The third-order valence-corrected chi connectivity index (χ3v) is 12.7. The maximum absolute atomic E-state index is 14.0. The molecule has 23 heteroatoms. The van der Waals surface area contributed by atoms with E-state index in [-0.39, 0.29) is 82.8 Å². The zero-order valence-corrected chi connectivity index (χ0v) is 44.1. The number of carbonyl (C=O) groups is 5. The highest BCUT2D eigenvalue weighted by Gasteiger charge is 2.44. The van der Waals surface area contributed by atoms with Crippen LogP contribution in [0.4, 0.5) is 0 Å². The van der Waals surface area contributed by atoms with E-state index in [4.69, 9.17) is 23.8 Å². The number of hydrogen-bond acceptors (Lipinski definition) is 19. The first kappa shape index (κ1) is 55.2. The summed E-state index contributed by atoms with van der Waals surface area (Å²) >= 11 is 1.04. The van der Waals surface area contributed by atoms with E-state index < -0.39 is 80.1 Å². The predicted molar refractivity (Wildman–Crippen MR) is 268 cm³/mol. The number of Topliss-reactive ketones (excluding diaryl/α,β-unsaturated/α-hetero) is 1. The fourth-order valence-corrected chi connectivity index (χ4v) is 8.71. The number of likely N-dealkylation sites (tertiary alicyclic amines) is 1. The van der Waals surface area contributed by atoms with E-state index in [1.54, 1.807) is 60.5 Å². The van der Waals surface area contributed by atoms with E-state index in [9.17, 15) is 37.2 Å². The van der Waals surface area contributed by atoms with E-state index >= 15 is 0 Å². The van der Waals surface area contributed by atoms with E-state index in [0.29, 0.717) is 4.90 Å². The zero-order valence-electron chi connectivity index (χ0n) is 42.4. The van der Waals surface area contributed by atoms with Crippen LogP contribution in [0.1, 0.15) is 83.6 Å². The number of oxime groups is 1. The molecule has 0 radical (unpaired) electrons. The zero-order chi connectivity index (χ0) is 53.5. The Morgan fingerprint density at radius 3 is 2.03 bits per heavy atom. The van der Waals surface area contributed by atoms with Gasteiger partial charge in [-0.25, -0.2) is 28.0 Å². The summed E-state index contributed by atoms with van der Waals surface area (Å²) in [6.07, 6.45) is 0.641. The van der Waals surface area contributed by atoms with Gasteiger partial charge in [-0.1, -0.05) is 65.8 Å². The van der Waals surface area contributed by atoms with Gasteiger partial charge >= 0.3 is 17.6 Å². The van der Waals surface area contributed by atoms with Crippen molar-refractivity contribution in [3.63, 3.8) is 0 Å². The van der Waals surface area contributed by atoms with Crippen molar-refractivity contribution < 1.29 is 56.2 Å². The number of hydrogen-bond donors (Lipinski definition) is 0. The Kier molecular flexibility index (Phi) is 17.2. The van der Waals surface area contributed by atoms with E-state index in [1.807, 2.05) is 60.7 Å². The Morgan fingerprint density at radius 2 is 1.45 bits per heavy atom. The lowest BCUT2D eigenvalue weighted by Gasteiger charge is -2.36. The van der Waals surface area contributed by atoms with Gasteiger partial charge in [-0.2, -0.15) is 0 Å². The van der Waals surface area contributed by atoms with Gasteiger partial charge in [-0.3, -0.25) is 28.6 Å². The molecule has 0 saturated carbocycles. The van der Waals surface area contributed by atoms with Gasteiger partial charge in [-0.15, -0.1) is 20.5 Å². The fourth-order valence-electron chi connectivity index (χ4n) is 6.82. The molecular formula is C50H60N8O13S2. The average Bonchev–Trinajstić information content (AvgIpc) is 3.90. The molecule has 0 bridgehead atoms. The number of ether oxygens (including phenoxy) is 4. The highest BCUT2D eigenvalue weighted by atomic mass is 32.2. The molecular weight excluding hydrogens is 985 g/mol. The predicted octanol–water partition coefficient (Wildman–Crippen LogP) is 4.83. The highest BCUT2D eigenvalue weighted by molar-refractivity contribution is 7.90. The van der Waals surface area contributed by atoms with E-state index in [2.05, 4.69) is 20.2 Å². The molecule has 1 aliphatic rings. The Balaban J connectivity index is 1.21. The van der Waals surface area contributed by atoms with Crippen molar-refractivity contribution in [2.24, 2.45) is 11.1 Å². The molecule has 390 valence electrons. The summed E-state index contributed by atoms with van der Waals surface area (Å²) in [5.74, 6) is -6.22. The van der Waals surface area contributed by atoms with Crippen LogP contribution in [0.3, 0.4) is 0 Å². The minimum Gasteiger partial charge on any atom is -0.485 e. The number of β-lactam (4-membered cyclic amide) rings is 1. The monoisotopic (exact) mass is 1040 g/mol. The number of carbonyl (C=O) groups excluding carboxylic acids is 5. The van der Waals surface area contributed by atoms with Gasteiger partial charge in [0.2, 0.25) is 17.4 Å². The molecule has 73 heavy (non-hydrogen) atoms. The van der Waals surface area contributed by atoms with Crippen molar-refractivity contribution in [3.8, 4) is 23.0 Å². The van der Waals surface area contributed by atoms with Gasteiger partial charge in [0.15, 0.2) is 34.6 Å². The normalized spacial score (nSPS) is 14.4. The molecule has 0 aliphatic carbocycles. The van der Waals surface area contributed by atoms with Crippen LogP contribution >= 0.6 is 11.3 Å². The number of nitrogens with zero attached hydrogens (tertiary/aromatic N) is 8. The van der Waals surface area contributed by atoms with Crippen molar-refractivity contribution in [2.75, 3.05) is 32.9 Å². The molecule has 1 aliphatic heterocycles. The van der Waals surface area contributed by atoms with Crippen LogP contribution in [0.5, 0.6) is 11.5 Å². The van der Waals surface area contributed by atoms with Crippen molar-refractivity contribution in [1.29, 1.82) is 0 Å². The highest BCUT2D eigenvalue weighted by Crippen LogP contribution is 2.32. The summed E-state index contributed by atoms with van der Waals surface area (Å²) < 4.78 is 52.4. The minimum atomic E-state index is -4.88. The number of esters is 2. The van der Waals surface area contributed by atoms with Gasteiger partial charge in [-0.05, 0) is 80.6 Å². The second kappa shape index (κ2) is 22.8. The summed E-state index contributed by atoms with van der Waals surface area (Å²) in [5.41, 5.74) is -3.03. The number of imide groups is 1. The molecule has 1 fully saturated rings. The Bertz CT molecular complexity index is 3030. The van der Waals surface area contributed by atoms with Crippen molar-refractivity contribution in [3.05, 3.63) is 111 Å². The standard InChI is InChI=1S/C50H60N8O13S2/c1-48(2,3)69-42(61)25-40-52-36(30-72-40)43(54-71-50(7,8)46(63)70-49(4,5)6)37(59)23-34-27-57(45(34)62)41(60)31-73(65,66)58-47(64)56(22-21-55(9)10)44(53-58)35-24-38(67-28-32-17-13-11-14-18-32)39(26-51-35)68-29-33-19-15-12-16-20-33/h11-20,24,26,30,34H,21-23,25,27-29,31H2,1-10H3/b54-43-/t34-/m0/s1.